The molecule has 1 aliphatic rings. The van der Waals surface area contributed by atoms with Gasteiger partial charge in [-0.05, 0) is 37.5 Å². The molecule has 4 heteroatoms. The second kappa shape index (κ2) is 3.88. The van der Waals surface area contributed by atoms with E-state index >= 15 is 0 Å². The van der Waals surface area contributed by atoms with Crippen LogP contribution < -0.4 is 4.90 Å². The number of pyridine rings is 1. The van der Waals surface area contributed by atoms with E-state index in [1.165, 1.54) is 0 Å². The van der Waals surface area contributed by atoms with Gasteiger partial charge in [-0.3, -0.25) is 0 Å². The number of aromatic nitrogens is 1. The van der Waals surface area contributed by atoms with E-state index in [1.54, 1.807) is 6.20 Å². The van der Waals surface area contributed by atoms with Crippen molar-refractivity contribution in [3.63, 3.8) is 0 Å². The van der Waals surface area contributed by atoms with E-state index in [2.05, 4.69) is 4.98 Å². The van der Waals surface area contributed by atoms with E-state index in [0.29, 0.717) is 6.42 Å². The summed E-state index contributed by atoms with van der Waals surface area (Å²) in [7, 11) is 0. The minimum Gasteiger partial charge on any atom is -0.480 e. The van der Waals surface area contributed by atoms with Crippen molar-refractivity contribution in [2.45, 2.75) is 25.8 Å². The summed E-state index contributed by atoms with van der Waals surface area (Å²) in [5, 5.41) is 9.04. The molecule has 0 aromatic carbocycles. The largest absolute Gasteiger partial charge is 0.480 e. The van der Waals surface area contributed by atoms with Crippen LogP contribution in [0, 0.1) is 6.92 Å². The van der Waals surface area contributed by atoms with Crippen molar-refractivity contribution in [1.82, 2.24) is 4.98 Å². The molecule has 1 atom stereocenters. The lowest BCUT2D eigenvalue weighted by molar-refractivity contribution is -0.138. The molecule has 0 unspecified atom stereocenters. The van der Waals surface area contributed by atoms with E-state index in [1.807, 2.05) is 24.0 Å². The minimum atomic E-state index is -0.754. The third-order valence-corrected chi connectivity index (χ3v) is 2.73. The maximum absolute atomic E-state index is 11.0. The van der Waals surface area contributed by atoms with Crippen LogP contribution in [0.4, 0.5) is 5.82 Å². The van der Waals surface area contributed by atoms with E-state index in [0.717, 1.165) is 24.3 Å². The predicted octanol–water partition coefficient (Wildman–Crippen LogP) is 1.44. The van der Waals surface area contributed by atoms with Crippen LogP contribution in [-0.4, -0.2) is 28.6 Å². The van der Waals surface area contributed by atoms with Crippen molar-refractivity contribution in [3.05, 3.63) is 23.9 Å². The van der Waals surface area contributed by atoms with Crippen LogP contribution >= 0.6 is 0 Å². The van der Waals surface area contributed by atoms with Crippen LogP contribution in [-0.2, 0) is 4.79 Å². The van der Waals surface area contributed by atoms with E-state index in [4.69, 9.17) is 5.11 Å². The molecule has 15 heavy (non-hydrogen) atoms. The summed E-state index contributed by atoms with van der Waals surface area (Å²) in [6.07, 6.45) is 3.36. The van der Waals surface area contributed by atoms with Gasteiger partial charge in [-0.25, -0.2) is 9.78 Å². The average Bonchev–Trinajstić information content (AvgIpc) is 2.65. The Kier molecular flexibility index (Phi) is 2.58. The number of hydrogen-bond acceptors (Lipinski definition) is 3. The van der Waals surface area contributed by atoms with Gasteiger partial charge in [-0.1, -0.05) is 0 Å². The van der Waals surface area contributed by atoms with Crippen molar-refractivity contribution >= 4 is 11.8 Å². The van der Waals surface area contributed by atoms with Crippen molar-refractivity contribution in [2.24, 2.45) is 0 Å². The third kappa shape index (κ3) is 1.93. The zero-order valence-electron chi connectivity index (χ0n) is 8.68. The van der Waals surface area contributed by atoms with Gasteiger partial charge in [0.1, 0.15) is 11.9 Å². The second-order valence-corrected chi connectivity index (χ2v) is 3.88. The lowest BCUT2D eigenvalue weighted by Crippen LogP contribution is -2.36. The molecule has 0 aliphatic carbocycles. The summed E-state index contributed by atoms with van der Waals surface area (Å²) < 4.78 is 0. The molecule has 4 nitrogen and oxygen atoms in total. The number of aryl methyl sites for hydroxylation is 1. The Bertz CT molecular complexity index is 379. The Morgan fingerprint density at radius 2 is 2.47 bits per heavy atom. The molecule has 0 bridgehead atoms. The molecule has 1 N–H and O–H groups in total. The SMILES string of the molecule is Cc1ccnc(N2CCC[C@@H]2C(=O)O)c1. The molecule has 1 saturated heterocycles. The number of aliphatic carboxylic acids is 1. The molecule has 0 amide bonds. The van der Waals surface area contributed by atoms with Crippen molar-refractivity contribution < 1.29 is 9.90 Å². The molecule has 2 heterocycles. The van der Waals surface area contributed by atoms with Crippen LogP contribution in [0.15, 0.2) is 18.3 Å². The molecular formula is C11H14N2O2. The first-order valence-electron chi connectivity index (χ1n) is 5.10. The summed E-state index contributed by atoms with van der Waals surface area (Å²) >= 11 is 0. The number of carbonyl (C=O) groups is 1. The summed E-state index contributed by atoms with van der Waals surface area (Å²) in [6, 6.07) is 3.44. The summed E-state index contributed by atoms with van der Waals surface area (Å²) in [4.78, 5) is 17.1. The van der Waals surface area contributed by atoms with E-state index in [9.17, 15) is 4.79 Å². The Labute approximate surface area is 88.6 Å². The Morgan fingerprint density at radius 3 is 3.13 bits per heavy atom. The quantitative estimate of drug-likeness (QED) is 0.795. The highest BCUT2D eigenvalue weighted by Crippen LogP contribution is 2.24. The van der Waals surface area contributed by atoms with Gasteiger partial charge in [0.05, 0.1) is 0 Å². The zero-order chi connectivity index (χ0) is 10.8. The molecule has 0 radical (unpaired) electrons. The maximum atomic E-state index is 11.0. The molecule has 80 valence electrons. The van der Waals surface area contributed by atoms with E-state index < -0.39 is 12.0 Å². The normalized spacial score (nSPS) is 20.6. The van der Waals surface area contributed by atoms with Gasteiger partial charge < -0.3 is 10.0 Å². The molecular weight excluding hydrogens is 192 g/mol. The number of nitrogens with zero attached hydrogens (tertiary/aromatic N) is 2. The zero-order valence-corrected chi connectivity index (χ0v) is 8.68. The molecule has 2 rings (SSSR count). The van der Waals surface area contributed by atoms with Crippen LogP contribution in [0.2, 0.25) is 0 Å². The lowest BCUT2D eigenvalue weighted by atomic mass is 10.2. The number of carboxylic acid groups (broad SMARTS) is 1. The van der Waals surface area contributed by atoms with Gasteiger partial charge in [0.2, 0.25) is 0 Å². The fourth-order valence-corrected chi connectivity index (χ4v) is 1.97. The molecule has 1 fully saturated rings. The molecule has 0 spiro atoms. The monoisotopic (exact) mass is 206 g/mol. The summed E-state index contributed by atoms with van der Waals surface area (Å²) in [5.74, 6) is 0.0238. The van der Waals surface area contributed by atoms with Crippen LogP contribution in [0.25, 0.3) is 0 Å². The Morgan fingerprint density at radius 1 is 1.67 bits per heavy atom. The van der Waals surface area contributed by atoms with Crippen LogP contribution in [0.3, 0.4) is 0 Å². The summed E-state index contributed by atoms with van der Waals surface area (Å²) in [5.41, 5.74) is 1.11. The number of carboxylic acids is 1. The smallest absolute Gasteiger partial charge is 0.326 e. The fraction of sp³-hybridized carbons (Fsp3) is 0.455. The predicted molar refractivity (Wildman–Crippen MR) is 57.0 cm³/mol. The van der Waals surface area contributed by atoms with Gasteiger partial charge in [0, 0.05) is 12.7 Å². The van der Waals surface area contributed by atoms with Crippen LogP contribution in [0.1, 0.15) is 18.4 Å². The number of hydrogen-bond donors (Lipinski definition) is 1. The Balaban J connectivity index is 2.26. The first-order valence-corrected chi connectivity index (χ1v) is 5.10. The van der Waals surface area contributed by atoms with E-state index in [-0.39, 0.29) is 0 Å². The van der Waals surface area contributed by atoms with Crippen molar-refractivity contribution in [1.29, 1.82) is 0 Å². The average molecular weight is 206 g/mol. The molecule has 1 aliphatic heterocycles. The van der Waals surface area contributed by atoms with Gasteiger partial charge in [0.25, 0.3) is 0 Å². The second-order valence-electron chi connectivity index (χ2n) is 3.88. The van der Waals surface area contributed by atoms with Crippen molar-refractivity contribution in [2.75, 3.05) is 11.4 Å². The first-order chi connectivity index (χ1) is 7.18. The Hall–Kier alpha value is -1.58. The van der Waals surface area contributed by atoms with Gasteiger partial charge in [-0.2, -0.15) is 0 Å². The van der Waals surface area contributed by atoms with Gasteiger partial charge in [-0.15, -0.1) is 0 Å². The number of anilines is 1. The number of rotatable bonds is 2. The molecule has 0 saturated carbocycles. The van der Waals surface area contributed by atoms with Crippen molar-refractivity contribution in [3.8, 4) is 0 Å². The van der Waals surface area contributed by atoms with Gasteiger partial charge >= 0.3 is 5.97 Å². The highest BCUT2D eigenvalue weighted by molar-refractivity contribution is 5.78. The standard InChI is InChI=1S/C11H14N2O2/c1-8-4-5-12-10(7-8)13-6-2-3-9(13)11(14)15/h4-5,7,9H,2-3,6H2,1H3,(H,14,15)/t9-/m1/s1. The topological polar surface area (TPSA) is 53.4 Å². The highest BCUT2D eigenvalue weighted by atomic mass is 16.4. The lowest BCUT2D eigenvalue weighted by Gasteiger charge is -2.22. The van der Waals surface area contributed by atoms with Crippen LogP contribution in [0.5, 0.6) is 0 Å². The maximum Gasteiger partial charge on any atom is 0.326 e. The first kappa shape index (κ1) is 9.96. The molecule has 1 aromatic heterocycles. The van der Waals surface area contributed by atoms with Gasteiger partial charge in [0.15, 0.2) is 0 Å². The fourth-order valence-electron chi connectivity index (χ4n) is 1.97. The third-order valence-electron chi connectivity index (χ3n) is 2.73. The summed E-state index contributed by atoms with van der Waals surface area (Å²) in [6.45, 7) is 2.77. The highest BCUT2D eigenvalue weighted by Gasteiger charge is 2.31. The molecule has 1 aromatic rings. The minimum absolute atomic E-state index is 0.403.